The number of Topliss-reactive ketones (excluding diaryl/α,β-unsaturated/α-hetero) is 1. The van der Waals surface area contributed by atoms with Gasteiger partial charge in [0.25, 0.3) is 11.5 Å². The minimum atomic E-state index is -1.20. The van der Waals surface area contributed by atoms with Gasteiger partial charge in [-0.05, 0) is 30.7 Å². The molecular weight excluding hydrogens is 430 g/mol. The Morgan fingerprint density at radius 1 is 1.18 bits per heavy atom. The van der Waals surface area contributed by atoms with Crippen LogP contribution in [-0.2, 0) is 16.1 Å². The Labute approximate surface area is 187 Å². The number of H-pyrrole nitrogens is 1. The minimum Gasteiger partial charge on any atom is -0.480 e. The van der Waals surface area contributed by atoms with Crippen molar-refractivity contribution in [2.45, 2.75) is 38.8 Å². The van der Waals surface area contributed by atoms with Crippen LogP contribution in [0.5, 0.6) is 0 Å². The number of nitrogens with two attached hydrogens (primary N) is 1. The van der Waals surface area contributed by atoms with Crippen molar-refractivity contribution in [2.75, 3.05) is 11.1 Å². The molecule has 0 bridgehead atoms. The number of hydrogen-bond acceptors (Lipinski definition) is 9. The SMILES string of the molecule is CCC(=O)CCC(NC(=O)c1ccc(NCc2ncc3nc(N)[nH]c(=O)c3n2)cc1)C(=O)O. The van der Waals surface area contributed by atoms with Crippen molar-refractivity contribution in [1.29, 1.82) is 0 Å². The van der Waals surface area contributed by atoms with Crippen LogP contribution in [0.2, 0.25) is 0 Å². The summed E-state index contributed by atoms with van der Waals surface area (Å²) in [5, 5.41) is 14.8. The molecule has 33 heavy (non-hydrogen) atoms. The van der Waals surface area contributed by atoms with E-state index >= 15 is 0 Å². The molecule has 0 fully saturated rings. The number of fused-ring (bicyclic) bond motifs is 1. The number of anilines is 2. The number of benzene rings is 1. The van der Waals surface area contributed by atoms with Crippen LogP contribution >= 0.6 is 0 Å². The van der Waals surface area contributed by atoms with Gasteiger partial charge in [0.15, 0.2) is 5.52 Å². The second kappa shape index (κ2) is 10.3. The van der Waals surface area contributed by atoms with Crippen LogP contribution in [0.1, 0.15) is 42.4 Å². The van der Waals surface area contributed by atoms with Crippen molar-refractivity contribution in [1.82, 2.24) is 25.3 Å². The van der Waals surface area contributed by atoms with E-state index < -0.39 is 23.5 Å². The summed E-state index contributed by atoms with van der Waals surface area (Å²) in [6.07, 6.45) is 1.85. The van der Waals surface area contributed by atoms with E-state index in [1.807, 2.05) is 0 Å². The van der Waals surface area contributed by atoms with E-state index in [9.17, 15) is 24.3 Å². The van der Waals surface area contributed by atoms with E-state index in [4.69, 9.17) is 5.73 Å². The fourth-order valence-corrected chi connectivity index (χ4v) is 2.98. The molecule has 0 radical (unpaired) electrons. The first-order chi connectivity index (χ1) is 15.8. The number of carbonyl (C=O) groups excluding carboxylic acids is 2. The molecule has 0 aliphatic heterocycles. The number of nitrogen functional groups attached to an aromatic ring is 1. The highest BCUT2D eigenvalue weighted by atomic mass is 16.4. The second-order valence-electron chi connectivity index (χ2n) is 7.20. The Hall–Kier alpha value is -4.35. The third kappa shape index (κ3) is 6.09. The van der Waals surface area contributed by atoms with Crippen molar-refractivity contribution in [3.05, 3.63) is 52.2 Å². The number of aliphatic carboxylic acids is 1. The molecule has 1 amide bonds. The van der Waals surface area contributed by atoms with Crippen molar-refractivity contribution >= 4 is 40.3 Å². The molecule has 0 spiro atoms. The van der Waals surface area contributed by atoms with E-state index in [1.54, 1.807) is 19.1 Å². The summed E-state index contributed by atoms with van der Waals surface area (Å²) in [6, 6.07) is 5.20. The second-order valence-corrected chi connectivity index (χ2v) is 7.20. The number of carboxylic acid groups (broad SMARTS) is 1. The minimum absolute atomic E-state index is 0.0183. The predicted octanol–water partition coefficient (Wildman–Crippen LogP) is 0.850. The summed E-state index contributed by atoms with van der Waals surface area (Å²) in [6.45, 7) is 1.91. The van der Waals surface area contributed by atoms with Crippen molar-refractivity contribution in [3.8, 4) is 0 Å². The molecule has 12 heteroatoms. The van der Waals surface area contributed by atoms with E-state index in [0.717, 1.165) is 0 Å². The lowest BCUT2D eigenvalue weighted by Gasteiger charge is -2.14. The van der Waals surface area contributed by atoms with Gasteiger partial charge in [-0.15, -0.1) is 0 Å². The van der Waals surface area contributed by atoms with E-state index in [0.29, 0.717) is 17.9 Å². The average molecular weight is 453 g/mol. The molecule has 0 saturated heterocycles. The number of nitrogens with one attached hydrogen (secondary N) is 3. The molecule has 3 rings (SSSR count). The van der Waals surface area contributed by atoms with Crippen LogP contribution in [0.3, 0.4) is 0 Å². The number of carboxylic acids is 1. The zero-order chi connectivity index (χ0) is 24.0. The molecule has 3 aromatic rings. The predicted molar refractivity (Wildman–Crippen MR) is 120 cm³/mol. The first kappa shape index (κ1) is 23.3. The number of amides is 1. The van der Waals surface area contributed by atoms with Gasteiger partial charge in [-0.3, -0.25) is 19.4 Å². The molecule has 1 aromatic carbocycles. The van der Waals surface area contributed by atoms with Gasteiger partial charge in [0.1, 0.15) is 23.2 Å². The number of carbonyl (C=O) groups is 3. The standard InChI is InChI=1S/C21H23N7O5/c1-2-13(29)7-8-14(20(32)33)25-18(30)11-3-5-12(6-4-11)23-10-16-24-9-15-17(27-16)19(31)28-21(22)26-15/h3-6,9,14,23H,2,7-8,10H2,1H3,(H,25,30)(H,32,33)(H3,22,26,28,31). The molecule has 2 heterocycles. The zero-order valence-electron chi connectivity index (χ0n) is 17.8. The molecule has 0 aliphatic carbocycles. The Kier molecular flexibility index (Phi) is 7.28. The monoisotopic (exact) mass is 453 g/mol. The fraction of sp³-hybridized carbons (Fsp3) is 0.286. The van der Waals surface area contributed by atoms with Crippen molar-refractivity contribution in [2.24, 2.45) is 0 Å². The lowest BCUT2D eigenvalue weighted by Crippen LogP contribution is -2.41. The van der Waals surface area contributed by atoms with Gasteiger partial charge in [-0.2, -0.15) is 0 Å². The summed E-state index contributed by atoms with van der Waals surface area (Å²) < 4.78 is 0. The molecule has 6 N–H and O–H groups in total. The molecule has 172 valence electrons. The van der Waals surface area contributed by atoms with Crippen LogP contribution in [-0.4, -0.2) is 48.7 Å². The smallest absolute Gasteiger partial charge is 0.326 e. The average Bonchev–Trinajstić information content (AvgIpc) is 2.80. The van der Waals surface area contributed by atoms with Crippen LogP contribution < -0.4 is 21.9 Å². The van der Waals surface area contributed by atoms with Crippen LogP contribution in [0.25, 0.3) is 11.0 Å². The van der Waals surface area contributed by atoms with Gasteiger partial charge in [-0.25, -0.2) is 19.7 Å². The molecule has 1 atom stereocenters. The molecule has 0 saturated carbocycles. The first-order valence-electron chi connectivity index (χ1n) is 10.2. The molecule has 0 aliphatic rings. The third-order valence-corrected chi connectivity index (χ3v) is 4.82. The highest BCUT2D eigenvalue weighted by molar-refractivity contribution is 5.97. The normalized spacial score (nSPS) is 11.7. The maximum Gasteiger partial charge on any atom is 0.326 e. The first-order valence-corrected chi connectivity index (χ1v) is 10.2. The van der Waals surface area contributed by atoms with E-state index in [2.05, 4.69) is 30.6 Å². The largest absolute Gasteiger partial charge is 0.480 e. The highest BCUT2D eigenvalue weighted by Gasteiger charge is 2.21. The topological polar surface area (TPSA) is 193 Å². The van der Waals surface area contributed by atoms with Crippen molar-refractivity contribution in [3.63, 3.8) is 0 Å². The van der Waals surface area contributed by atoms with Crippen LogP contribution in [0.4, 0.5) is 11.6 Å². The lowest BCUT2D eigenvalue weighted by molar-refractivity contribution is -0.139. The van der Waals surface area contributed by atoms with Gasteiger partial charge in [0, 0.05) is 24.1 Å². The van der Waals surface area contributed by atoms with Crippen LogP contribution in [0, 0.1) is 0 Å². The number of nitrogens with zero attached hydrogens (tertiary/aromatic N) is 3. The number of hydrogen-bond donors (Lipinski definition) is 5. The summed E-state index contributed by atoms with van der Waals surface area (Å²) in [7, 11) is 0. The Morgan fingerprint density at radius 3 is 2.58 bits per heavy atom. The van der Waals surface area contributed by atoms with E-state index in [1.165, 1.54) is 18.3 Å². The maximum absolute atomic E-state index is 12.4. The van der Waals surface area contributed by atoms with Gasteiger partial charge in [-0.1, -0.05) is 6.92 Å². The number of ketones is 1. The Bertz CT molecular complexity index is 1240. The summed E-state index contributed by atoms with van der Waals surface area (Å²) in [5.74, 6) is -1.48. The fourth-order valence-electron chi connectivity index (χ4n) is 2.98. The summed E-state index contributed by atoms with van der Waals surface area (Å²) >= 11 is 0. The number of aromatic nitrogens is 4. The molecule has 1 unspecified atom stereocenters. The lowest BCUT2D eigenvalue weighted by atomic mass is 10.1. The molecule has 12 nitrogen and oxygen atoms in total. The van der Waals surface area contributed by atoms with Gasteiger partial charge < -0.3 is 21.5 Å². The Balaban J connectivity index is 1.61. The number of aromatic amines is 1. The Morgan fingerprint density at radius 2 is 1.91 bits per heavy atom. The van der Waals surface area contributed by atoms with Gasteiger partial charge >= 0.3 is 5.97 Å². The molecular formula is C21H23N7O5. The maximum atomic E-state index is 12.4. The van der Waals surface area contributed by atoms with Gasteiger partial charge in [0.2, 0.25) is 5.95 Å². The summed E-state index contributed by atoms with van der Waals surface area (Å²) in [5.41, 5.74) is 6.37. The van der Waals surface area contributed by atoms with Gasteiger partial charge in [0.05, 0.1) is 12.7 Å². The van der Waals surface area contributed by atoms with Crippen LogP contribution in [0.15, 0.2) is 35.3 Å². The third-order valence-electron chi connectivity index (χ3n) is 4.82. The quantitative estimate of drug-likeness (QED) is 0.294. The summed E-state index contributed by atoms with van der Waals surface area (Å²) in [4.78, 5) is 61.9. The highest BCUT2D eigenvalue weighted by Crippen LogP contribution is 2.12. The van der Waals surface area contributed by atoms with Crippen molar-refractivity contribution < 1.29 is 19.5 Å². The number of rotatable bonds is 10. The molecule has 2 aromatic heterocycles. The zero-order valence-corrected chi connectivity index (χ0v) is 17.8. The van der Waals surface area contributed by atoms with E-state index in [-0.39, 0.29) is 47.7 Å².